The van der Waals surface area contributed by atoms with Crippen LogP contribution in [0.1, 0.15) is 24.0 Å². The molecular formula is C18H20ClNO2. The summed E-state index contributed by atoms with van der Waals surface area (Å²) in [4.78, 5) is 11.9. The van der Waals surface area contributed by atoms with Crippen molar-refractivity contribution in [2.24, 2.45) is 0 Å². The van der Waals surface area contributed by atoms with Crippen molar-refractivity contribution >= 4 is 23.2 Å². The van der Waals surface area contributed by atoms with Gasteiger partial charge in [-0.3, -0.25) is 4.79 Å². The average Bonchev–Trinajstić information content (AvgIpc) is 2.50. The second-order valence-electron chi connectivity index (χ2n) is 5.21. The summed E-state index contributed by atoms with van der Waals surface area (Å²) in [6.45, 7) is 2.02. The first-order valence-electron chi connectivity index (χ1n) is 7.27. The number of benzene rings is 2. The molecule has 0 unspecified atom stereocenters. The van der Waals surface area contributed by atoms with Crippen LogP contribution in [0.4, 0.5) is 5.69 Å². The Bertz CT molecular complexity index is 638. The van der Waals surface area contributed by atoms with Crippen LogP contribution in [0.15, 0.2) is 42.5 Å². The van der Waals surface area contributed by atoms with E-state index in [4.69, 9.17) is 16.3 Å². The van der Waals surface area contributed by atoms with Gasteiger partial charge in [-0.1, -0.05) is 23.7 Å². The Morgan fingerprint density at radius 3 is 2.55 bits per heavy atom. The van der Waals surface area contributed by atoms with Gasteiger partial charge in [0.25, 0.3) is 0 Å². The maximum Gasteiger partial charge on any atom is 0.224 e. The first-order chi connectivity index (χ1) is 10.6. The van der Waals surface area contributed by atoms with Crippen molar-refractivity contribution in [1.29, 1.82) is 0 Å². The number of amides is 1. The highest BCUT2D eigenvalue weighted by Crippen LogP contribution is 2.19. The maximum atomic E-state index is 11.9. The molecule has 0 fully saturated rings. The Morgan fingerprint density at radius 2 is 1.91 bits per heavy atom. The van der Waals surface area contributed by atoms with E-state index in [2.05, 4.69) is 11.4 Å². The Morgan fingerprint density at radius 1 is 1.18 bits per heavy atom. The Kier molecular flexibility index (Phi) is 5.84. The predicted octanol–water partition coefficient (Wildman–Crippen LogP) is 4.62. The fourth-order valence-electron chi connectivity index (χ4n) is 2.31. The van der Waals surface area contributed by atoms with Crippen molar-refractivity contribution in [1.82, 2.24) is 0 Å². The maximum absolute atomic E-state index is 11.9. The van der Waals surface area contributed by atoms with Gasteiger partial charge < -0.3 is 10.1 Å². The zero-order valence-electron chi connectivity index (χ0n) is 12.9. The van der Waals surface area contributed by atoms with Crippen LogP contribution in [-0.4, -0.2) is 13.0 Å². The van der Waals surface area contributed by atoms with E-state index in [1.165, 1.54) is 5.56 Å². The molecule has 0 aromatic heterocycles. The third kappa shape index (κ3) is 4.78. The second kappa shape index (κ2) is 7.85. The number of halogens is 1. The lowest BCUT2D eigenvalue weighted by molar-refractivity contribution is -0.116. The summed E-state index contributed by atoms with van der Waals surface area (Å²) in [5.74, 6) is 0.914. The molecule has 0 atom stereocenters. The number of carbonyl (C=O) groups is 1. The standard InChI is InChI=1S/C18H20ClNO2/c1-13-12-14(6-11-17(13)22-2)4-3-5-18(21)20-16-9-7-15(19)8-10-16/h6-12H,3-5H2,1-2H3,(H,20,21). The van der Waals surface area contributed by atoms with Crippen molar-refractivity contribution in [3.8, 4) is 5.75 Å². The molecule has 0 aliphatic heterocycles. The normalized spacial score (nSPS) is 10.3. The van der Waals surface area contributed by atoms with Crippen molar-refractivity contribution in [3.05, 3.63) is 58.6 Å². The molecule has 0 bridgehead atoms. The number of hydrogen-bond acceptors (Lipinski definition) is 2. The molecule has 0 saturated heterocycles. The summed E-state index contributed by atoms with van der Waals surface area (Å²) in [7, 11) is 1.67. The van der Waals surface area contributed by atoms with E-state index in [0.717, 1.165) is 29.8 Å². The van der Waals surface area contributed by atoms with Gasteiger partial charge in [-0.15, -0.1) is 0 Å². The van der Waals surface area contributed by atoms with Gasteiger partial charge in [-0.2, -0.15) is 0 Å². The molecule has 22 heavy (non-hydrogen) atoms. The highest BCUT2D eigenvalue weighted by molar-refractivity contribution is 6.30. The van der Waals surface area contributed by atoms with Crippen LogP contribution < -0.4 is 10.1 Å². The molecular weight excluding hydrogens is 298 g/mol. The molecule has 1 amide bonds. The minimum atomic E-state index is 0.0209. The number of ether oxygens (including phenoxy) is 1. The average molecular weight is 318 g/mol. The van der Waals surface area contributed by atoms with Crippen LogP contribution in [0.5, 0.6) is 5.75 Å². The summed E-state index contributed by atoms with van der Waals surface area (Å²) in [5, 5.41) is 3.53. The predicted molar refractivity (Wildman–Crippen MR) is 90.8 cm³/mol. The summed E-state index contributed by atoms with van der Waals surface area (Å²) in [5.41, 5.74) is 3.11. The lowest BCUT2D eigenvalue weighted by Gasteiger charge is -2.08. The molecule has 2 aromatic rings. The summed E-state index contributed by atoms with van der Waals surface area (Å²) >= 11 is 5.81. The van der Waals surface area contributed by atoms with Crippen LogP contribution in [0, 0.1) is 6.92 Å². The number of rotatable bonds is 6. The van der Waals surface area contributed by atoms with E-state index in [9.17, 15) is 4.79 Å². The van der Waals surface area contributed by atoms with Crippen LogP contribution in [-0.2, 0) is 11.2 Å². The number of carbonyl (C=O) groups excluding carboxylic acids is 1. The summed E-state index contributed by atoms with van der Waals surface area (Å²) in [6, 6.07) is 13.2. The number of nitrogens with one attached hydrogen (secondary N) is 1. The van der Waals surface area contributed by atoms with Crippen LogP contribution in [0.2, 0.25) is 5.02 Å². The van der Waals surface area contributed by atoms with Gasteiger partial charge in [0.1, 0.15) is 5.75 Å². The van der Waals surface area contributed by atoms with Crippen molar-refractivity contribution in [2.75, 3.05) is 12.4 Å². The van der Waals surface area contributed by atoms with E-state index in [1.807, 2.05) is 19.1 Å². The monoisotopic (exact) mass is 317 g/mol. The number of hydrogen-bond donors (Lipinski definition) is 1. The van der Waals surface area contributed by atoms with E-state index in [0.29, 0.717) is 11.4 Å². The Balaban J connectivity index is 1.79. The van der Waals surface area contributed by atoms with Crippen molar-refractivity contribution in [3.63, 3.8) is 0 Å². The molecule has 0 spiro atoms. The van der Waals surface area contributed by atoms with E-state index in [1.54, 1.807) is 31.4 Å². The van der Waals surface area contributed by atoms with E-state index < -0.39 is 0 Å². The van der Waals surface area contributed by atoms with E-state index in [-0.39, 0.29) is 5.91 Å². The highest BCUT2D eigenvalue weighted by atomic mass is 35.5. The van der Waals surface area contributed by atoms with Crippen molar-refractivity contribution in [2.45, 2.75) is 26.2 Å². The van der Waals surface area contributed by atoms with Gasteiger partial charge in [0, 0.05) is 17.1 Å². The molecule has 4 heteroatoms. The van der Waals surface area contributed by atoms with Gasteiger partial charge in [0.2, 0.25) is 5.91 Å². The molecule has 2 rings (SSSR count). The zero-order valence-corrected chi connectivity index (χ0v) is 13.6. The fourth-order valence-corrected chi connectivity index (χ4v) is 2.43. The SMILES string of the molecule is COc1ccc(CCCC(=O)Nc2ccc(Cl)cc2)cc1C. The second-order valence-corrected chi connectivity index (χ2v) is 5.65. The summed E-state index contributed by atoms with van der Waals surface area (Å²) < 4.78 is 5.24. The van der Waals surface area contributed by atoms with Gasteiger partial charge >= 0.3 is 0 Å². The third-order valence-electron chi connectivity index (χ3n) is 3.46. The third-order valence-corrected chi connectivity index (χ3v) is 3.71. The van der Waals surface area contributed by atoms with Gasteiger partial charge in [-0.05, 0) is 61.2 Å². The smallest absolute Gasteiger partial charge is 0.224 e. The number of anilines is 1. The first-order valence-corrected chi connectivity index (χ1v) is 7.65. The number of aryl methyl sites for hydroxylation is 2. The highest BCUT2D eigenvalue weighted by Gasteiger charge is 2.04. The largest absolute Gasteiger partial charge is 0.496 e. The Hall–Kier alpha value is -2.00. The topological polar surface area (TPSA) is 38.3 Å². The fraction of sp³-hybridized carbons (Fsp3) is 0.278. The van der Waals surface area contributed by atoms with Gasteiger partial charge in [0.15, 0.2) is 0 Å². The van der Waals surface area contributed by atoms with Crippen molar-refractivity contribution < 1.29 is 9.53 Å². The molecule has 116 valence electrons. The van der Waals surface area contributed by atoms with Gasteiger partial charge in [-0.25, -0.2) is 0 Å². The molecule has 0 heterocycles. The van der Waals surface area contributed by atoms with Gasteiger partial charge in [0.05, 0.1) is 7.11 Å². The molecule has 1 N–H and O–H groups in total. The lowest BCUT2D eigenvalue weighted by atomic mass is 10.0. The quantitative estimate of drug-likeness (QED) is 0.844. The number of methoxy groups -OCH3 is 1. The van der Waals surface area contributed by atoms with Crippen LogP contribution in [0.3, 0.4) is 0 Å². The minimum absolute atomic E-state index is 0.0209. The molecule has 0 saturated carbocycles. The lowest BCUT2D eigenvalue weighted by Crippen LogP contribution is -2.11. The van der Waals surface area contributed by atoms with Crippen LogP contribution in [0.25, 0.3) is 0 Å². The first kappa shape index (κ1) is 16.4. The van der Waals surface area contributed by atoms with Crippen LogP contribution >= 0.6 is 11.6 Å². The minimum Gasteiger partial charge on any atom is -0.496 e. The molecule has 0 aliphatic carbocycles. The molecule has 2 aromatic carbocycles. The molecule has 0 aliphatic rings. The summed E-state index contributed by atoms with van der Waals surface area (Å²) in [6.07, 6.45) is 2.18. The van der Waals surface area contributed by atoms with E-state index >= 15 is 0 Å². The zero-order chi connectivity index (χ0) is 15.9. The molecule has 3 nitrogen and oxygen atoms in total. The Labute approximate surface area is 136 Å². The molecule has 0 radical (unpaired) electrons.